The van der Waals surface area contributed by atoms with E-state index in [-0.39, 0.29) is 17.4 Å². The van der Waals surface area contributed by atoms with Crippen molar-refractivity contribution in [3.63, 3.8) is 0 Å². The van der Waals surface area contributed by atoms with Crippen molar-refractivity contribution in [2.24, 2.45) is 0 Å². The smallest absolute Gasteiger partial charge is 0.358 e. The van der Waals surface area contributed by atoms with Crippen LogP contribution in [0.5, 0.6) is 0 Å². The van der Waals surface area contributed by atoms with Crippen LogP contribution in [0.15, 0.2) is 24.3 Å². The summed E-state index contributed by atoms with van der Waals surface area (Å²) in [6, 6.07) is 5.65. The topological polar surface area (TPSA) is 68.0 Å². The molecule has 0 unspecified atom stereocenters. The fourth-order valence-electron chi connectivity index (χ4n) is 1.73. The van der Waals surface area contributed by atoms with Gasteiger partial charge < -0.3 is 5.11 Å². The van der Waals surface area contributed by atoms with Gasteiger partial charge in [-0.3, -0.25) is 0 Å². The van der Waals surface area contributed by atoms with Crippen LogP contribution in [0.1, 0.15) is 35.9 Å². The van der Waals surface area contributed by atoms with E-state index in [9.17, 15) is 9.18 Å². The second kappa shape index (κ2) is 4.56. The lowest BCUT2D eigenvalue weighted by atomic mass is 10.1. The summed E-state index contributed by atoms with van der Waals surface area (Å²) in [5, 5.41) is 16.5. The highest BCUT2D eigenvalue weighted by molar-refractivity contribution is 5.86. The largest absolute Gasteiger partial charge is 0.476 e. The Balaban J connectivity index is 2.57. The number of carboxylic acids is 1. The van der Waals surface area contributed by atoms with Gasteiger partial charge in [0.15, 0.2) is 5.69 Å². The van der Waals surface area contributed by atoms with E-state index in [1.54, 1.807) is 0 Å². The predicted octanol–water partition coefficient (Wildman–Crippen LogP) is 2.23. The zero-order valence-corrected chi connectivity index (χ0v) is 9.96. The van der Waals surface area contributed by atoms with E-state index in [1.165, 1.54) is 28.9 Å². The van der Waals surface area contributed by atoms with Crippen LogP contribution in [0.2, 0.25) is 0 Å². The Kier molecular flexibility index (Phi) is 3.10. The summed E-state index contributed by atoms with van der Waals surface area (Å²) in [6.07, 6.45) is 0. The second-order valence-corrected chi connectivity index (χ2v) is 4.17. The molecule has 0 aliphatic heterocycles. The maximum atomic E-state index is 12.9. The van der Waals surface area contributed by atoms with Gasteiger partial charge in [-0.15, -0.1) is 5.10 Å². The molecule has 0 spiro atoms. The van der Waals surface area contributed by atoms with Crippen LogP contribution in [0, 0.1) is 5.82 Å². The summed E-state index contributed by atoms with van der Waals surface area (Å²) in [7, 11) is 0. The average Bonchev–Trinajstić information content (AvgIpc) is 2.74. The Morgan fingerprint density at radius 3 is 2.44 bits per heavy atom. The summed E-state index contributed by atoms with van der Waals surface area (Å²) in [5.41, 5.74) is 1.00. The van der Waals surface area contributed by atoms with E-state index in [0.29, 0.717) is 11.4 Å². The molecule has 0 radical (unpaired) electrons. The molecule has 6 heteroatoms. The standard InChI is InChI=1S/C12H12FN3O2/c1-7(2)11-10(12(17)18)14-15-16(11)9-5-3-8(13)4-6-9/h3-7H,1-2H3,(H,17,18). The Hall–Kier alpha value is -2.24. The minimum absolute atomic E-state index is 0.0591. The Morgan fingerprint density at radius 2 is 1.94 bits per heavy atom. The first-order valence-electron chi connectivity index (χ1n) is 5.45. The molecule has 94 valence electrons. The van der Waals surface area contributed by atoms with Gasteiger partial charge in [-0.1, -0.05) is 19.1 Å². The second-order valence-electron chi connectivity index (χ2n) is 4.17. The number of hydrogen-bond acceptors (Lipinski definition) is 3. The van der Waals surface area contributed by atoms with E-state index in [0.717, 1.165) is 0 Å². The molecule has 0 bridgehead atoms. The molecule has 2 aromatic rings. The molecule has 2 rings (SSSR count). The molecular weight excluding hydrogens is 237 g/mol. The van der Waals surface area contributed by atoms with Crippen LogP contribution >= 0.6 is 0 Å². The first-order valence-corrected chi connectivity index (χ1v) is 5.45. The summed E-state index contributed by atoms with van der Waals surface area (Å²) in [6.45, 7) is 3.70. The van der Waals surface area contributed by atoms with Gasteiger partial charge in [0.1, 0.15) is 5.82 Å². The van der Waals surface area contributed by atoms with Crippen molar-refractivity contribution in [3.05, 3.63) is 41.5 Å². The molecule has 1 N–H and O–H groups in total. The number of aromatic nitrogens is 3. The molecule has 1 heterocycles. The molecular formula is C12H12FN3O2. The monoisotopic (exact) mass is 249 g/mol. The summed E-state index contributed by atoms with van der Waals surface area (Å²) < 4.78 is 14.3. The van der Waals surface area contributed by atoms with Gasteiger partial charge in [-0.2, -0.15) is 0 Å². The van der Waals surface area contributed by atoms with Crippen molar-refractivity contribution >= 4 is 5.97 Å². The van der Waals surface area contributed by atoms with Crippen LogP contribution in [-0.2, 0) is 0 Å². The molecule has 0 amide bonds. The SMILES string of the molecule is CC(C)c1c(C(=O)O)nnn1-c1ccc(F)cc1. The molecule has 18 heavy (non-hydrogen) atoms. The zero-order valence-electron chi connectivity index (χ0n) is 9.96. The highest BCUT2D eigenvalue weighted by Gasteiger charge is 2.22. The van der Waals surface area contributed by atoms with Gasteiger partial charge in [0.2, 0.25) is 0 Å². The average molecular weight is 249 g/mol. The Bertz CT molecular complexity index is 576. The molecule has 0 atom stereocenters. The van der Waals surface area contributed by atoms with Crippen molar-refractivity contribution < 1.29 is 14.3 Å². The van der Waals surface area contributed by atoms with E-state index in [4.69, 9.17) is 5.11 Å². The summed E-state index contributed by atoms with van der Waals surface area (Å²) in [5.74, 6) is -1.54. The van der Waals surface area contributed by atoms with Crippen molar-refractivity contribution in [3.8, 4) is 5.69 Å². The fourth-order valence-corrected chi connectivity index (χ4v) is 1.73. The van der Waals surface area contributed by atoms with Crippen LogP contribution in [-0.4, -0.2) is 26.1 Å². The number of carbonyl (C=O) groups is 1. The van der Waals surface area contributed by atoms with Gasteiger partial charge in [0.25, 0.3) is 0 Å². The minimum atomic E-state index is -1.12. The quantitative estimate of drug-likeness (QED) is 0.905. The normalized spacial score (nSPS) is 10.9. The Morgan fingerprint density at radius 1 is 1.33 bits per heavy atom. The molecule has 1 aromatic carbocycles. The number of benzene rings is 1. The van der Waals surface area contributed by atoms with Crippen LogP contribution in [0.4, 0.5) is 4.39 Å². The molecule has 5 nitrogen and oxygen atoms in total. The minimum Gasteiger partial charge on any atom is -0.476 e. The third-order valence-electron chi connectivity index (χ3n) is 2.53. The van der Waals surface area contributed by atoms with Crippen molar-refractivity contribution in [1.82, 2.24) is 15.0 Å². The molecule has 0 aliphatic carbocycles. The number of hydrogen-bond donors (Lipinski definition) is 1. The molecule has 0 saturated carbocycles. The molecule has 0 fully saturated rings. The molecule has 0 saturated heterocycles. The molecule has 0 aliphatic rings. The predicted molar refractivity (Wildman–Crippen MR) is 62.4 cm³/mol. The first kappa shape index (κ1) is 12.2. The third kappa shape index (κ3) is 2.09. The summed E-state index contributed by atoms with van der Waals surface area (Å²) >= 11 is 0. The lowest BCUT2D eigenvalue weighted by Gasteiger charge is -2.09. The van der Waals surface area contributed by atoms with Gasteiger partial charge in [0.05, 0.1) is 11.4 Å². The highest BCUT2D eigenvalue weighted by atomic mass is 19.1. The molecule has 1 aromatic heterocycles. The van der Waals surface area contributed by atoms with Crippen molar-refractivity contribution in [2.75, 3.05) is 0 Å². The van der Waals surface area contributed by atoms with Gasteiger partial charge in [0, 0.05) is 0 Å². The van der Waals surface area contributed by atoms with E-state index >= 15 is 0 Å². The third-order valence-corrected chi connectivity index (χ3v) is 2.53. The number of carboxylic acid groups (broad SMARTS) is 1. The van der Waals surface area contributed by atoms with Crippen LogP contribution in [0.25, 0.3) is 5.69 Å². The zero-order chi connectivity index (χ0) is 13.3. The van der Waals surface area contributed by atoms with Crippen LogP contribution in [0.3, 0.4) is 0 Å². The van der Waals surface area contributed by atoms with E-state index < -0.39 is 5.97 Å². The number of rotatable bonds is 3. The maximum Gasteiger partial charge on any atom is 0.358 e. The van der Waals surface area contributed by atoms with Crippen molar-refractivity contribution in [1.29, 1.82) is 0 Å². The van der Waals surface area contributed by atoms with Gasteiger partial charge in [-0.05, 0) is 30.2 Å². The van der Waals surface area contributed by atoms with Crippen LogP contribution < -0.4 is 0 Å². The van der Waals surface area contributed by atoms with E-state index in [1.807, 2.05) is 13.8 Å². The van der Waals surface area contributed by atoms with Gasteiger partial charge >= 0.3 is 5.97 Å². The maximum absolute atomic E-state index is 12.9. The number of halogens is 1. The first-order chi connectivity index (χ1) is 8.50. The van der Waals surface area contributed by atoms with Crippen molar-refractivity contribution in [2.45, 2.75) is 19.8 Å². The number of nitrogens with zero attached hydrogens (tertiary/aromatic N) is 3. The number of aromatic carboxylic acids is 1. The lowest BCUT2D eigenvalue weighted by molar-refractivity contribution is 0.0688. The van der Waals surface area contributed by atoms with Gasteiger partial charge in [-0.25, -0.2) is 13.9 Å². The summed E-state index contributed by atoms with van der Waals surface area (Å²) in [4.78, 5) is 11.0. The van der Waals surface area contributed by atoms with E-state index in [2.05, 4.69) is 10.3 Å². The lowest BCUT2D eigenvalue weighted by Crippen LogP contribution is -2.08. The highest BCUT2D eigenvalue weighted by Crippen LogP contribution is 2.21. The fraction of sp³-hybridized carbons (Fsp3) is 0.250. The Labute approximate surface area is 103 Å².